The molecule has 0 spiro atoms. The topological polar surface area (TPSA) is 0 Å². The molecule has 0 rings (SSSR count). The van der Waals surface area contributed by atoms with E-state index in [2.05, 4.69) is 12.7 Å². The predicted molar refractivity (Wildman–Crippen MR) is 30.2 cm³/mol. The molecule has 4 heavy (non-hydrogen) atoms. The second-order valence-corrected chi connectivity index (χ2v) is 0. The van der Waals surface area contributed by atoms with E-state index >= 15 is 0 Å². The minimum absolute atomic E-state index is 0. The van der Waals surface area contributed by atoms with Gasteiger partial charge in [-0.2, -0.15) is 0 Å². The summed E-state index contributed by atoms with van der Waals surface area (Å²) in [5, 5.41) is 0. The minimum Gasteiger partial charge on any atom is -0.147 e. The van der Waals surface area contributed by atoms with Gasteiger partial charge in [0.15, 0.2) is 0 Å². The zero-order chi connectivity index (χ0) is 2.00. The Balaban J connectivity index is -0.00000000500. The van der Waals surface area contributed by atoms with Crippen molar-refractivity contribution < 1.29 is 22.4 Å². The molecule has 0 nitrogen and oxygen atoms in total. The van der Waals surface area contributed by atoms with Crippen molar-refractivity contribution in [2.24, 2.45) is 0 Å². The maximum absolute atomic E-state index is 2.91. The minimum atomic E-state index is 0. The maximum atomic E-state index is 2.91. The van der Waals surface area contributed by atoms with Gasteiger partial charge in [0.05, 0.1) is 0 Å². The van der Waals surface area contributed by atoms with Gasteiger partial charge < -0.3 is 0 Å². The zero-order valence-corrected chi connectivity index (χ0v) is 7.51. The first-order valence-electron chi connectivity index (χ1n) is 0.143. The molecule has 0 aromatic rings. The quantitative estimate of drug-likeness (QED) is 0.464. The Hall–Kier alpha value is 2.24. The van der Waals surface area contributed by atoms with Gasteiger partial charge >= 0.3 is 0 Å². The van der Waals surface area contributed by atoms with Crippen LogP contribution in [0.1, 0.15) is 0 Å². The van der Waals surface area contributed by atoms with Crippen LogP contribution in [0.25, 0.3) is 0 Å². The van der Waals surface area contributed by atoms with Crippen LogP contribution < -0.4 is 0 Å². The normalized spacial score (nSPS) is 1.50. The molecule has 1 radical (unpaired) electrons. The summed E-state index contributed by atoms with van der Waals surface area (Å²) in [4.78, 5) is 0. The summed E-state index contributed by atoms with van der Waals surface area (Å²) >= 11 is 4.87. The molecule has 0 fully saturated rings. The van der Waals surface area contributed by atoms with Gasteiger partial charge in [-0.25, -0.2) is 0 Å². The number of rotatable bonds is 0. The Bertz CT molecular complexity index is 8.00. The molecule has 0 bridgehead atoms. The Kier molecular flexibility index (Phi) is 76.6. The van der Waals surface area contributed by atoms with E-state index in [0.29, 0.717) is 0 Å². The average Bonchev–Trinajstić information content (AvgIpc) is 1.00. The van der Waals surface area contributed by atoms with Crippen LogP contribution in [0.4, 0.5) is 0 Å². The molecule has 0 saturated carbocycles. The second-order valence-electron chi connectivity index (χ2n) is 0. The molecule has 0 atom stereocenters. The van der Waals surface area contributed by atoms with Gasteiger partial charge in [0.2, 0.25) is 0 Å². The van der Waals surface area contributed by atoms with Crippen molar-refractivity contribution in [3.8, 4) is 0 Å². The molecule has 0 aromatic carbocycles. The Labute approximate surface area is 66.9 Å². The summed E-state index contributed by atoms with van der Waals surface area (Å²) in [5.74, 6) is 0. The van der Waals surface area contributed by atoms with E-state index < -0.39 is 0 Å². The third-order valence-electron chi connectivity index (χ3n) is 0. The first-order chi connectivity index (χ1) is 1.00. The fraction of sp³-hybridized carbons (Fsp3) is 0. The fourth-order valence-electron chi connectivity index (χ4n) is 0. The van der Waals surface area contributed by atoms with Crippen LogP contribution in [-0.4, -0.2) is 0 Å². The van der Waals surface area contributed by atoms with Crippen molar-refractivity contribution in [1.29, 1.82) is 0 Å². The molecule has 33 valence electrons. The first-order valence-corrected chi connectivity index (χ1v) is 4.98. The third-order valence-corrected chi connectivity index (χ3v) is 0. The molecule has 4 heteroatoms. The number of hydrogen-bond acceptors (Lipinski definition) is 0. The maximum Gasteiger partial charge on any atom is 0.00711 e. The first kappa shape index (κ1) is 16.3. The molecule has 0 aliphatic rings. The van der Waals surface area contributed by atoms with Gasteiger partial charge in [-0.15, -0.1) is 12.4 Å². The van der Waals surface area contributed by atoms with E-state index in [0.717, 1.165) is 0 Å². The largest absolute Gasteiger partial charge is 0.147 e. The number of halogens is 3. The van der Waals surface area contributed by atoms with Gasteiger partial charge in [0, 0.05) is 42.7 Å². The molecular formula is HAgBrClI. The average molecular weight is 351 g/mol. The van der Waals surface area contributed by atoms with Crippen molar-refractivity contribution in [3.63, 3.8) is 0 Å². The fourth-order valence-corrected chi connectivity index (χ4v) is 0. The molecule has 0 N–H and O–H groups in total. The van der Waals surface area contributed by atoms with E-state index in [1.807, 2.05) is 20.4 Å². The molecular weight excluding hydrogens is 350 g/mol. The molecule has 0 saturated heterocycles. The van der Waals surface area contributed by atoms with Gasteiger partial charge in [-0.1, -0.05) is 0 Å². The second kappa shape index (κ2) is 18.8. The summed E-state index contributed by atoms with van der Waals surface area (Å²) in [6, 6.07) is 0. The Morgan fingerprint density at radius 1 is 1.25 bits per heavy atom. The molecule has 0 aromatic heterocycles. The van der Waals surface area contributed by atoms with Crippen LogP contribution in [0.5, 0.6) is 0 Å². The van der Waals surface area contributed by atoms with Crippen molar-refractivity contribution in [3.05, 3.63) is 0 Å². The molecule has 0 amide bonds. The van der Waals surface area contributed by atoms with Crippen LogP contribution in [0.15, 0.2) is 0 Å². The van der Waals surface area contributed by atoms with Gasteiger partial charge in [-0.05, 0) is 12.7 Å². The Morgan fingerprint density at radius 2 is 1.25 bits per heavy atom. The summed E-state index contributed by atoms with van der Waals surface area (Å²) in [6.07, 6.45) is 0. The number of hydrogen-bond donors (Lipinski definition) is 0. The summed E-state index contributed by atoms with van der Waals surface area (Å²) in [6.45, 7) is 0. The van der Waals surface area contributed by atoms with Gasteiger partial charge in [0.1, 0.15) is 0 Å². The van der Waals surface area contributed by atoms with Crippen LogP contribution >= 0.6 is 45.5 Å². The zero-order valence-electron chi connectivity index (χ0n) is 1.47. The van der Waals surface area contributed by atoms with E-state index in [1.54, 1.807) is 0 Å². The van der Waals surface area contributed by atoms with Gasteiger partial charge in [-0.3, -0.25) is 0 Å². The monoisotopic (exact) mass is 349 g/mol. The van der Waals surface area contributed by atoms with Crippen molar-refractivity contribution in [2.75, 3.05) is 0 Å². The van der Waals surface area contributed by atoms with Crippen molar-refractivity contribution in [1.82, 2.24) is 0 Å². The smallest absolute Gasteiger partial charge is 0.00711 e. The SMILES string of the molecule is BrI.Cl.[Ag]. The molecule has 0 aliphatic carbocycles. The van der Waals surface area contributed by atoms with Crippen LogP contribution in [0.3, 0.4) is 0 Å². The molecule has 0 aliphatic heterocycles. The summed E-state index contributed by atoms with van der Waals surface area (Å²) < 4.78 is 0. The molecule has 0 heterocycles. The third kappa shape index (κ3) is 8.87. The predicted octanol–water partition coefficient (Wildman–Crippen LogP) is 2.15. The van der Waals surface area contributed by atoms with E-state index in [-0.39, 0.29) is 34.8 Å². The summed E-state index contributed by atoms with van der Waals surface area (Å²) in [5.41, 5.74) is 0. The van der Waals surface area contributed by atoms with Crippen molar-refractivity contribution in [2.45, 2.75) is 0 Å². The van der Waals surface area contributed by atoms with Crippen LogP contribution in [-0.2, 0) is 22.4 Å². The van der Waals surface area contributed by atoms with E-state index in [9.17, 15) is 0 Å². The standard InChI is InChI=1S/Ag.BrI.ClH/c;1-2;/h;;1H. The van der Waals surface area contributed by atoms with Gasteiger partial charge in [0.25, 0.3) is 0 Å². The molecule has 0 unspecified atom stereocenters. The summed E-state index contributed by atoms with van der Waals surface area (Å²) in [7, 11) is 0. The van der Waals surface area contributed by atoms with E-state index in [4.69, 9.17) is 0 Å². The van der Waals surface area contributed by atoms with Crippen molar-refractivity contribution >= 4 is 45.5 Å². The van der Waals surface area contributed by atoms with Crippen LogP contribution in [0, 0.1) is 0 Å². The van der Waals surface area contributed by atoms with Crippen LogP contribution in [0.2, 0.25) is 0 Å². The Morgan fingerprint density at radius 3 is 1.25 bits per heavy atom. The van der Waals surface area contributed by atoms with E-state index in [1.165, 1.54) is 0 Å².